The van der Waals surface area contributed by atoms with Crippen molar-refractivity contribution >= 4 is 12.0 Å². The Kier molecular flexibility index (Phi) is 4.60. The molecule has 2 fully saturated rings. The molecule has 2 aliphatic rings. The molecule has 1 N–H and O–H groups in total. The van der Waals surface area contributed by atoms with Gasteiger partial charge in [0.05, 0.1) is 26.3 Å². The molecule has 0 bridgehead atoms. The molecule has 2 aliphatic heterocycles. The third-order valence-electron chi connectivity index (χ3n) is 4.77. The van der Waals surface area contributed by atoms with E-state index < -0.39 is 23.3 Å². The first-order valence-electron chi connectivity index (χ1n) is 8.76. The van der Waals surface area contributed by atoms with Crippen molar-refractivity contribution in [2.24, 2.45) is 0 Å². The zero-order valence-electron chi connectivity index (χ0n) is 15.7. The van der Waals surface area contributed by atoms with Gasteiger partial charge in [0.1, 0.15) is 16.9 Å². The molecule has 7 nitrogen and oxygen atoms in total. The van der Waals surface area contributed by atoms with Crippen LogP contribution in [0.25, 0.3) is 0 Å². The quantitative estimate of drug-likeness (QED) is 0.829. The van der Waals surface area contributed by atoms with E-state index in [0.717, 1.165) is 11.3 Å². The van der Waals surface area contributed by atoms with Crippen LogP contribution in [0.4, 0.5) is 4.79 Å². The minimum Gasteiger partial charge on any atom is -0.497 e. The zero-order chi connectivity index (χ0) is 19.1. The number of aliphatic hydroxyl groups is 1. The van der Waals surface area contributed by atoms with Gasteiger partial charge in [-0.1, -0.05) is 12.1 Å². The number of hydrogen-bond donors (Lipinski definition) is 1. The number of hydrogen-bond acceptors (Lipinski definition) is 5. The Labute approximate surface area is 153 Å². The Hall–Kier alpha value is -2.28. The van der Waals surface area contributed by atoms with E-state index in [4.69, 9.17) is 9.47 Å². The molecule has 1 spiro atoms. The summed E-state index contributed by atoms with van der Waals surface area (Å²) in [5, 5.41) is 10.1. The van der Waals surface area contributed by atoms with Crippen molar-refractivity contribution in [3.05, 3.63) is 29.8 Å². The molecule has 142 valence electrons. The summed E-state index contributed by atoms with van der Waals surface area (Å²) in [7, 11) is 1.61. The summed E-state index contributed by atoms with van der Waals surface area (Å²) in [5.74, 6) is 0.617. The van der Waals surface area contributed by atoms with Crippen LogP contribution < -0.4 is 4.74 Å². The topological polar surface area (TPSA) is 79.3 Å². The number of aliphatic hydroxyl groups excluding tert-OH is 1. The summed E-state index contributed by atoms with van der Waals surface area (Å²) in [5.41, 5.74) is -0.647. The van der Waals surface area contributed by atoms with E-state index in [1.165, 1.54) is 4.90 Å². The molecule has 2 atom stereocenters. The number of β-amino-alcohol motifs (C(OH)–C–C–N with tert-alkyl or cyclic N) is 1. The van der Waals surface area contributed by atoms with E-state index in [1.54, 1.807) is 32.8 Å². The van der Waals surface area contributed by atoms with E-state index in [2.05, 4.69) is 0 Å². The van der Waals surface area contributed by atoms with Gasteiger partial charge < -0.3 is 19.5 Å². The third-order valence-corrected chi connectivity index (χ3v) is 4.77. The molecule has 3 rings (SSSR count). The van der Waals surface area contributed by atoms with Crippen molar-refractivity contribution in [2.45, 2.75) is 51.0 Å². The molecule has 1 aromatic rings. The molecule has 2 amide bonds. The van der Waals surface area contributed by atoms with Gasteiger partial charge in [-0.2, -0.15) is 0 Å². The zero-order valence-corrected chi connectivity index (χ0v) is 15.7. The average Bonchev–Trinajstić information content (AvgIpc) is 2.93. The number of rotatable bonds is 3. The molecule has 1 aromatic carbocycles. The van der Waals surface area contributed by atoms with Crippen molar-refractivity contribution in [3.8, 4) is 5.75 Å². The van der Waals surface area contributed by atoms with Crippen LogP contribution in [0.3, 0.4) is 0 Å². The number of ether oxygens (including phenoxy) is 2. The summed E-state index contributed by atoms with van der Waals surface area (Å²) in [6, 6.07) is 7.52. The van der Waals surface area contributed by atoms with Crippen LogP contribution in [0.15, 0.2) is 24.3 Å². The Morgan fingerprint density at radius 1 is 1.31 bits per heavy atom. The highest BCUT2D eigenvalue weighted by Crippen LogP contribution is 2.40. The molecular formula is C19H26N2O5. The van der Waals surface area contributed by atoms with E-state index in [1.807, 2.05) is 24.3 Å². The minimum absolute atomic E-state index is 0.122. The van der Waals surface area contributed by atoms with E-state index in [-0.39, 0.29) is 18.9 Å². The van der Waals surface area contributed by atoms with E-state index in [0.29, 0.717) is 13.1 Å². The molecule has 0 saturated carbocycles. The van der Waals surface area contributed by atoms with Gasteiger partial charge in [0.2, 0.25) is 0 Å². The fourth-order valence-electron chi connectivity index (χ4n) is 3.61. The first-order chi connectivity index (χ1) is 12.1. The van der Waals surface area contributed by atoms with Crippen molar-refractivity contribution in [1.29, 1.82) is 0 Å². The van der Waals surface area contributed by atoms with Gasteiger partial charge in [-0.25, -0.2) is 4.79 Å². The maximum atomic E-state index is 12.9. The second kappa shape index (κ2) is 6.46. The van der Waals surface area contributed by atoms with Crippen LogP contribution in [0.2, 0.25) is 0 Å². The van der Waals surface area contributed by atoms with Crippen LogP contribution in [-0.2, 0) is 16.1 Å². The van der Waals surface area contributed by atoms with Gasteiger partial charge >= 0.3 is 6.09 Å². The lowest BCUT2D eigenvalue weighted by Gasteiger charge is -2.50. The second-order valence-electron chi connectivity index (χ2n) is 7.99. The van der Waals surface area contributed by atoms with Crippen LogP contribution in [0.1, 0.15) is 32.8 Å². The van der Waals surface area contributed by atoms with E-state index in [9.17, 15) is 14.7 Å². The van der Waals surface area contributed by atoms with Gasteiger partial charge in [0.15, 0.2) is 0 Å². The number of methoxy groups -OCH3 is 1. The molecule has 1 unspecified atom stereocenters. The van der Waals surface area contributed by atoms with Gasteiger partial charge in [0, 0.05) is 13.0 Å². The van der Waals surface area contributed by atoms with Crippen molar-refractivity contribution in [2.75, 3.05) is 20.2 Å². The first-order valence-corrected chi connectivity index (χ1v) is 8.76. The van der Waals surface area contributed by atoms with E-state index >= 15 is 0 Å². The summed E-state index contributed by atoms with van der Waals surface area (Å²) in [6.07, 6.45) is -1.01. The van der Waals surface area contributed by atoms with Gasteiger partial charge in [-0.15, -0.1) is 0 Å². The molecule has 0 aliphatic carbocycles. The van der Waals surface area contributed by atoms with Gasteiger partial charge in [-0.05, 0) is 38.5 Å². The van der Waals surface area contributed by atoms with Crippen molar-refractivity contribution in [3.63, 3.8) is 0 Å². The number of amides is 2. The molecule has 26 heavy (non-hydrogen) atoms. The molecular weight excluding hydrogens is 336 g/mol. The Morgan fingerprint density at radius 2 is 1.96 bits per heavy atom. The highest BCUT2D eigenvalue weighted by Gasteiger charge is 2.62. The highest BCUT2D eigenvalue weighted by atomic mass is 16.6. The normalized spacial score (nSPS) is 25.4. The lowest BCUT2D eigenvalue weighted by molar-refractivity contribution is -0.161. The maximum absolute atomic E-state index is 12.9. The summed E-state index contributed by atoms with van der Waals surface area (Å²) < 4.78 is 10.6. The highest BCUT2D eigenvalue weighted by molar-refractivity contribution is 5.96. The molecule has 2 saturated heterocycles. The van der Waals surface area contributed by atoms with Crippen LogP contribution in [-0.4, -0.2) is 64.4 Å². The Morgan fingerprint density at radius 3 is 2.50 bits per heavy atom. The smallest absolute Gasteiger partial charge is 0.411 e. The standard InChI is InChI=1S/C19H26N2O5/c1-18(2,3)26-17(24)21-11-14(22)9-19(21)12-20(16(19)23)10-13-5-7-15(25-4)8-6-13/h5-8,14,22H,9-12H2,1-4H3/t14-,19?/m1/s1. The molecule has 0 radical (unpaired) electrons. The number of nitrogens with zero attached hydrogens (tertiary/aromatic N) is 2. The monoisotopic (exact) mass is 362 g/mol. The van der Waals surface area contributed by atoms with Crippen LogP contribution >= 0.6 is 0 Å². The summed E-state index contributed by atoms with van der Waals surface area (Å²) >= 11 is 0. The van der Waals surface area contributed by atoms with Crippen molar-refractivity contribution in [1.82, 2.24) is 9.80 Å². The molecule has 7 heteroatoms. The first kappa shape index (κ1) is 18.5. The third kappa shape index (κ3) is 3.35. The number of carbonyl (C=O) groups is 2. The Balaban J connectivity index is 1.70. The fourth-order valence-corrected chi connectivity index (χ4v) is 3.61. The SMILES string of the molecule is COc1ccc(CN2CC3(C[C@@H](O)CN3C(=O)OC(C)(C)C)C2=O)cc1. The number of carbonyl (C=O) groups excluding carboxylic acids is 2. The molecule has 0 aromatic heterocycles. The van der Waals surface area contributed by atoms with Gasteiger partial charge in [0.25, 0.3) is 5.91 Å². The maximum Gasteiger partial charge on any atom is 0.411 e. The number of β-lactam (4-membered cyclic amide) rings is 1. The van der Waals surface area contributed by atoms with Crippen LogP contribution in [0.5, 0.6) is 5.75 Å². The average molecular weight is 362 g/mol. The predicted molar refractivity (Wildman–Crippen MR) is 94.7 cm³/mol. The number of benzene rings is 1. The summed E-state index contributed by atoms with van der Waals surface area (Å²) in [4.78, 5) is 28.5. The molecule has 2 heterocycles. The Bertz CT molecular complexity index is 697. The minimum atomic E-state index is -0.978. The fraction of sp³-hybridized carbons (Fsp3) is 0.579. The van der Waals surface area contributed by atoms with Crippen LogP contribution in [0, 0.1) is 0 Å². The van der Waals surface area contributed by atoms with Crippen molar-refractivity contribution < 1.29 is 24.2 Å². The lowest BCUT2D eigenvalue weighted by Crippen LogP contribution is -2.72. The largest absolute Gasteiger partial charge is 0.497 e. The number of likely N-dealkylation sites (tertiary alicyclic amines) is 2. The lowest BCUT2D eigenvalue weighted by atomic mass is 9.85. The second-order valence-corrected chi connectivity index (χ2v) is 7.99. The van der Waals surface area contributed by atoms with Gasteiger partial charge in [-0.3, -0.25) is 9.69 Å². The predicted octanol–water partition coefficient (Wildman–Crippen LogP) is 1.78. The summed E-state index contributed by atoms with van der Waals surface area (Å²) in [6.45, 7) is 6.32.